The van der Waals surface area contributed by atoms with Gasteiger partial charge in [-0.25, -0.2) is 4.98 Å². The van der Waals surface area contributed by atoms with E-state index in [0.717, 1.165) is 30.6 Å². The molecule has 0 aliphatic carbocycles. The van der Waals surface area contributed by atoms with Gasteiger partial charge in [-0.15, -0.1) is 0 Å². The number of piperidine rings is 1. The molecule has 1 aliphatic rings. The minimum atomic E-state index is 0.0341. The Kier molecular flexibility index (Phi) is 6.70. The fourth-order valence-corrected chi connectivity index (χ4v) is 4.43. The van der Waals surface area contributed by atoms with Gasteiger partial charge < -0.3 is 14.4 Å². The van der Waals surface area contributed by atoms with Crippen LogP contribution in [0, 0.1) is 0 Å². The normalized spacial score (nSPS) is 15.6. The molecule has 0 spiro atoms. The monoisotopic (exact) mass is 469 g/mol. The minimum absolute atomic E-state index is 0.0341. The molecule has 1 aliphatic heterocycles. The molecule has 8 nitrogen and oxygen atoms in total. The molecule has 35 heavy (non-hydrogen) atoms. The van der Waals surface area contributed by atoms with Gasteiger partial charge in [0, 0.05) is 43.2 Å². The van der Waals surface area contributed by atoms with Gasteiger partial charge in [-0.05, 0) is 42.7 Å². The lowest BCUT2D eigenvalue weighted by Crippen LogP contribution is -2.39. The predicted molar refractivity (Wildman–Crippen MR) is 131 cm³/mol. The average molecular weight is 470 g/mol. The maximum absolute atomic E-state index is 13.5. The maximum atomic E-state index is 13.5. The number of benzene rings is 2. The highest BCUT2D eigenvalue weighted by atomic mass is 16.5. The van der Waals surface area contributed by atoms with Gasteiger partial charge in [0.2, 0.25) is 5.88 Å². The van der Waals surface area contributed by atoms with Gasteiger partial charge in [-0.1, -0.05) is 30.3 Å². The highest BCUT2D eigenvalue weighted by molar-refractivity contribution is 5.95. The molecule has 0 bridgehead atoms. The van der Waals surface area contributed by atoms with Gasteiger partial charge in [0.25, 0.3) is 5.91 Å². The van der Waals surface area contributed by atoms with Crippen LogP contribution in [0.15, 0.2) is 79.4 Å². The number of ether oxygens (including phenoxy) is 2. The first-order valence-electron chi connectivity index (χ1n) is 11.7. The second-order valence-corrected chi connectivity index (χ2v) is 8.49. The Balaban J connectivity index is 1.32. The van der Waals surface area contributed by atoms with Crippen molar-refractivity contribution in [2.45, 2.75) is 25.3 Å². The highest BCUT2D eigenvalue weighted by Crippen LogP contribution is 2.32. The van der Waals surface area contributed by atoms with E-state index in [0.29, 0.717) is 36.0 Å². The Labute approximate surface area is 204 Å². The number of carbonyl (C=O) groups excluding carboxylic acids is 1. The van der Waals surface area contributed by atoms with Crippen LogP contribution >= 0.6 is 0 Å². The summed E-state index contributed by atoms with van der Waals surface area (Å²) in [5, 5.41) is 4.28. The molecule has 8 heteroatoms. The summed E-state index contributed by atoms with van der Waals surface area (Å²) in [6.07, 6.45) is 8.83. The lowest BCUT2D eigenvalue weighted by molar-refractivity contribution is 0.0704. The Bertz CT molecular complexity index is 1290. The van der Waals surface area contributed by atoms with Crippen LogP contribution in [0.25, 0.3) is 0 Å². The van der Waals surface area contributed by atoms with Crippen LogP contribution < -0.4 is 9.47 Å². The summed E-state index contributed by atoms with van der Waals surface area (Å²) in [7, 11) is 1.60. The minimum Gasteiger partial charge on any atom is -0.493 e. The number of amides is 1. The van der Waals surface area contributed by atoms with Crippen LogP contribution in [0.4, 0.5) is 0 Å². The van der Waals surface area contributed by atoms with Gasteiger partial charge in [-0.2, -0.15) is 5.10 Å². The van der Waals surface area contributed by atoms with Crippen molar-refractivity contribution in [1.82, 2.24) is 24.6 Å². The summed E-state index contributed by atoms with van der Waals surface area (Å²) >= 11 is 0. The molecular formula is C27H27N5O3. The number of carbonyl (C=O) groups is 1. The quantitative estimate of drug-likeness (QED) is 0.395. The van der Waals surface area contributed by atoms with Gasteiger partial charge in [0.1, 0.15) is 0 Å². The van der Waals surface area contributed by atoms with Crippen molar-refractivity contribution in [1.29, 1.82) is 0 Å². The van der Waals surface area contributed by atoms with Crippen molar-refractivity contribution < 1.29 is 14.3 Å². The third-order valence-corrected chi connectivity index (χ3v) is 6.18. The molecule has 1 atom stereocenters. The Hall–Kier alpha value is -4.20. The zero-order valence-corrected chi connectivity index (χ0v) is 19.6. The van der Waals surface area contributed by atoms with Gasteiger partial charge in [0.05, 0.1) is 25.5 Å². The number of methoxy groups -OCH3 is 1. The Morgan fingerprint density at radius 3 is 2.71 bits per heavy atom. The summed E-state index contributed by atoms with van der Waals surface area (Å²) in [5.41, 5.74) is 2.48. The SMILES string of the molecule is COc1ccccc1Oc1cncc(C2CCCN(C(=O)c3ccccc3Cn3cccn3)C2)n1. The van der Waals surface area contributed by atoms with E-state index in [-0.39, 0.29) is 11.8 Å². The molecule has 1 unspecified atom stereocenters. The average Bonchev–Trinajstić information content (AvgIpc) is 3.42. The molecule has 1 saturated heterocycles. The van der Waals surface area contributed by atoms with E-state index in [1.165, 1.54) is 0 Å². The second-order valence-electron chi connectivity index (χ2n) is 8.49. The first kappa shape index (κ1) is 22.6. The third-order valence-electron chi connectivity index (χ3n) is 6.18. The molecular weight excluding hydrogens is 442 g/mol. The number of para-hydroxylation sites is 2. The fourth-order valence-electron chi connectivity index (χ4n) is 4.43. The van der Waals surface area contributed by atoms with Crippen LogP contribution in [-0.4, -0.2) is 50.8 Å². The van der Waals surface area contributed by atoms with Crippen LogP contribution in [-0.2, 0) is 6.54 Å². The second kappa shape index (κ2) is 10.4. The smallest absolute Gasteiger partial charge is 0.254 e. The van der Waals surface area contributed by atoms with Crippen molar-refractivity contribution in [2.24, 2.45) is 0 Å². The standard InChI is InChI=1S/C27H27N5O3/c1-34-24-11-4-5-12-25(24)35-26-17-28-16-23(30-26)21-9-6-14-31(18-21)27(33)22-10-3-2-8-20(22)19-32-15-7-13-29-32/h2-5,7-8,10-13,15-17,21H,6,9,14,18-19H2,1H3. The summed E-state index contributed by atoms with van der Waals surface area (Å²) < 4.78 is 13.1. The van der Waals surface area contributed by atoms with Crippen molar-refractivity contribution >= 4 is 5.91 Å². The summed E-state index contributed by atoms with van der Waals surface area (Å²) in [5.74, 6) is 1.73. The van der Waals surface area contributed by atoms with E-state index in [1.807, 2.05) is 70.4 Å². The van der Waals surface area contributed by atoms with Gasteiger partial charge >= 0.3 is 0 Å². The lowest BCUT2D eigenvalue weighted by Gasteiger charge is -2.33. The van der Waals surface area contributed by atoms with E-state index in [4.69, 9.17) is 14.5 Å². The number of rotatable bonds is 7. The first-order chi connectivity index (χ1) is 17.2. The van der Waals surface area contributed by atoms with Crippen LogP contribution in [0.2, 0.25) is 0 Å². The molecule has 2 aromatic carbocycles. The molecule has 1 fully saturated rings. The van der Waals surface area contributed by atoms with E-state index >= 15 is 0 Å². The van der Waals surface area contributed by atoms with Crippen LogP contribution in [0.3, 0.4) is 0 Å². The Morgan fingerprint density at radius 1 is 1.06 bits per heavy atom. The summed E-state index contributed by atoms with van der Waals surface area (Å²) in [4.78, 5) is 24.5. The molecule has 0 N–H and O–H groups in total. The molecule has 3 heterocycles. The summed E-state index contributed by atoms with van der Waals surface area (Å²) in [6.45, 7) is 1.86. The van der Waals surface area contributed by atoms with Crippen molar-refractivity contribution in [2.75, 3.05) is 20.2 Å². The molecule has 5 rings (SSSR count). The van der Waals surface area contributed by atoms with Crippen LogP contribution in [0.5, 0.6) is 17.4 Å². The van der Waals surface area contributed by atoms with Crippen molar-refractivity contribution in [3.63, 3.8) is 0 Å². The zero-order chi connectivity index (χ0) is 24.0. The molecule has 2 aromatic heterocycles. The number of nitrogens with zero attached hydrogens (tertiary/aromatic N) is 5. The predicted octanol–water partition coefficient (Wildman–Crippen LogP) is 4.54. The first-order valence-corrected chi connectivity index (χ1v) is 11.7. The van der Waals surface area contributed by atoms with Crippen molar-refractivity contribution in [3.8, 4) is 17.4 Å². The van der Waals surface area contributed by atoms with E-state index in [9.17, 15) is 4.79 Å². The molecule has 0 saturated carbocycles. The molecule has 4 aromatic rings. The van der Waals surface area contributed by atoms with Crippen LogP contribution in [0.1, 0.15) is 40.4 Å². The third kappa shape index (κ3) is 5.16. The number of likely N-dealkylation sites (tertiary alicyclic amines) is 1. The number of hydrogen-bond acceptors (Lipinski definition) is 6. The maximum Gasteiger partial charge on any atom is 0.254 e. The number of hydrogen-bond donors (Lipinski definition) is 0. The fraction of sp³-hybridized carbons (Fsp3) is 0.259. The van der Waals surface area contributed by atoms with Gasteiger partial charge in [0.15, 0.2) is 11.5 Å². The van der Waals surface area contributed by atoms with E-state index in [2.05, 4.69) is 10.1 Å². The van der Waals surface area contributed by atoms with Crippen molar-refractivity contribution in [3.05, 3.63) is 96.2 Å². The largest absolute Gasteiger partial charge is 0.493 e. The zero-order valence-electron chi connectivity index (χ0n) is 19.6. The molecule has 1 amide bonds. The lowest BCUT2D eigenvalue weighted by atomic mass is 9.94. The van der Waals surface area contributed by atoms with E-state index < -0.39 is 0 Å². The molecule has 178 valence electrons. The topological polar surface area (TPSA) is 82.4 Å². The van der Waals surface area contributed by atoms with Gasteiger partial charge in [-0.3, -0.25) is 14.5 Å². The highest BCUT2D eigenvalue weighted by Gasteiger charge is 2.28. The Morgan fingerprint density at radius 2 is 1.89 bits per heavy atom. The van der Waals surface area contributed by atoms with E-state index in [1.54, 1.807) is 25.7 Å². The molecule has 0 radical (unpaired) electrons. The summed E-state index contributed by atoms with van der Waals surface area (Å²) in [6, 6.07) is 17.1. The number of aromatic nitrogens is 4.